The van der Waals surface area contributed by atoms with Crippen molar-refractivity contribution in [3.05, 3.63) is 105 Å². The van der Waals surface area contributed by atoms with Crippen LogP contribution in [0.5, 0.6) is 0 Å². The highest BCUT2D eigenvalue weighted by Gasteiger charge is 2.39. The first-order chi connectivity index (χ1) is 14.6. The molecule has 3 nitrogen and oxygen atoms in total. The third kappa shape index (κ3) is 2.31. The van der Waals surface area contributed by atoms with E-state index in [0.29, 0.717) is 22.3 Å². The van der Waals surface area contributed by atoms with E-state index in [1.807, 2.05) is 48.5 Å². The number of rotatable bonds is 1. The lowest BCUT2D eigenvalue weighted by Crippen LogP contribution is -2.20. The first-order valence-electron chi connectivity index (χ1n) is 9.94. The Bertz CT molecular complexity index is 1400. The molecule has 6 rings (SSSR count). The smallest absolute Gasteiger partial charge is 0.196 e. The fourth-order valence-electron chi connectivity index (χ4n) is 4.85. The molecular formula is C26H16BrNO2. The fourth-order valence-corrected chi connectivity index (χ4v) is 5.25. The number of nitrogens with zero attached hydrogens (tertiary/aromatic N) is 1. The van der Waals surface area contributed by atoms with Crippen LogP contribution in [0.4, 0.5) is 0 Å². The Morgan fingerprint density at radius 2 is 1.33 bits per heavy atom. The highest BCUT2D eigenvalue weighted by atomic mass is 79.9. The van der Waals surface area contributed by atoms with Crippen LogP contribution in [0.25, 0.3) is 22.5 Å². The van der Waals surface area contributed by atoms with Gasteiger partial charge in [-0.15, -0.1) is 0 Å². The summed E-state index contributed by atoms with van der Waals surface area (Å²) >= 11 is 3.56. The van der Waals surface area contributed by atoms with E-state index < -0.39 is 0 Å². The van der Waals surface area contributed by atoms with Crippen LogP contribution in [0.3, 0.4) is 0 Å². The number of fused-ring (bicyclic) bond motifs is 6. The Hall–Kier alpha value is -3.24. The van der Waals surface area contributed by atoms with Crippen molar-refractivity contribution in [3.8, 4) is 22.5 Å². The summed E-state index contributed by atoms with van der Waals surface area (Å²) < 4.78 is 3.12. The van der Waals surface area contributed by atoms with Crippen molar-refractivity contribution in [2.75, 3.05) is 0 Å². The molecule has 4 heteroatoms. The lowest BCUT2D eigenvalue weighted by molar-refractivity contribution is 0.0981. The average Bonchev–Trinajstić information content (AvgIpc) is 3.14. The van der Waals surface area contributed by atoms with E-state index in [4.69, 9.17) is 0 Å². The van der Waals surface area contributed by atoms with Crippen LogP contribution in [0, 0.1) is 0 Å². The van der Waals surface area contributed by atoms with Gasteiger partial charge >= 0.3 is 0 Å². The number of halogens is 1. The Balaban J connectivity index is 1.76. The maximum Gasteiger partial charge on any atom is 0.196 e. The van der Waals surface area contributed by atoms with Gasteiger partial charge in [-0.1, -0.05) is 76.6 Å². The highest BCUT2D eigenvalue weighted by Crippen LogP contribution is 2.45. The van der Waals surface area contributed by atoms with Gasteiger partial charge in [0.15, 0.2) is 11.6 Å². The Labute approximate surface area is 182 Å². The number of aryl methyl sites for hydroxylation is 1. The molecule has 0 bridgehead atoms. The largest absolute Gasteiger partial charge is 0.339 e. The van der Waals surface area contributed by atoms with Crippen molar-refractivity contribution < 1.29 is 9.59 Å². The van der Waals surface area contributed by atoms with Gasteiger partial charge in [-0.2, -0.15) is 0 Å². The monoisotopic (exact) mass is 453 g/mol. The minimum absolute atomic E-state index is 0.0677. The van der Waals surface area contributed by atoms with E-state index in [1.54, 1.807) is 12.1 Å². The van der Waals surface area contributed by atoms with Gasteiger partial charge in [0.05, 0.1) is 22.5 Å². The lowest BCUT2D eigenvalue weighted by Gasteiger charge is -2.22. The summed E-state index contributed by atoms with van der Waals surface area (Å²) in [5.74, 6) is -0.142. The van der Waals surface area contributed by atoms with E-state index in [1.165, 1.54) is 5.56 Å². The van der Waals surface area contributed by atoms with Gasteiger partial charge in [0.1, 0.15) is 0 Å². The first kappa shape index (κ1) is 17.6. The molecule has 4 aromatic rings. The summed E-state index contributed by atoms with van der Waals surface area (Å²) in [5, 5.41) is 0. The van der Waals surface area contributed by atoms with Crippen molar-refractivity contribution in [2.45, 2.75) is 13.0 Å². The van der Waals surface area contributed by atoms with Gasteiger partial charge in [-0.3, -0.25) is 9.59 Å². The van der Waals surface area contributed by atoms with Crippen LogP contribution in [-0.4, -0.2) is 16.1 Å². The van der Waals surface area contributed by atoms with Crippen LogP contribution in [-0.2, 0) is 13.0 Å². The maximum atomic E-state index is 13.7. The highest BCUT2D eigenvalue weighted by molar-refractivity contribution is 9.10. The van der Waals surface area contributed by atoms with Crippen LogP contribution < -0.4 is 0 Å². The number of hydrogen-bond donors (Lipinski definition) is 0. The summed E-state index contributed by atoms with van der Waals surface area (Å²) in [6.07, 6.45) is 0.868. The number of aromatic nitrogens is 1. The van der Waals surface area contributed by atoms with Crippen molar-refractivity contribution >= 4 is 27.5 Å². The molecule has 0 N–H and O–H groups in total. The summed E-state index contributed by atoms with van der Waals surface area (Å²) in [4.78, 5) is 27.4. The number of ketones is 2. The van der Waals surface area contributed by atoms with Crippen LogP contribution in [0.1, 0.15) is 37.4 Å². The Kier molecular flexibility index (Phi) is 3.74. The average molecular weight is 454 g/mol. The van der Waals surface area contributed by atoms with Crippen molar-refractivity contribution in [3.63, 3.8) is 0 Å². The second kappa shape index (κ2) is 6.38. The summed E-state index contributed by atoms with van der Waals surface area (Å²) in [5.41, 5.74) is 6.95. The number of hydrogen-bond acceptors (Lipinski definition) is 2. The molecule has 0 radical (unpaired) electrons. The van der Waals surface area contributed by atoms with E-state index in [0.717, 1.165) is 40.0 Å². The molecule has 0 spiro atoms. The normalized spacial score (nSPS) is 14.0. The van der Waals surface area contributed by atoms with Crippen LogP contribution >= 0.6 is 15.9 Å². The molecule has 30 heavy (non-hydrogen) atoms. The minimum Gasteiger partial charge on any atom is -0.339 e. The number of carbonyl (C=O) groups is 2. The van der Waals surface area contributed by atoms with E-state index in [2.05, 4.69) is 32.6 Å². The predicted molar refractivity (Wildman–Crippen MR) is 120 cm³/mol. The SMILES string of the molecule is O=C1c2ccccc2C(=O)c2c1c(-c1cccc(Br)c1)n1c2-c2ccccc2CC1. The molecule has 1 aliphatic carbocycles. The number of benzene rings is 3. The second-order valence-electron chi connectivity index (χ2n) is 7.72. The molecule has 0 amide bonds. The van der Waals surface area contributed by atoms with E-state index in [9.17, 15) is 9.59 Å². The van der Waals surface area contributed by atoms with Gasteiger partial charge < -0.3 is 4.57 Å². The molecule has 144 valence electrons. The third-order valence-corrected chi connectivity index (χ3v) is 6.60. The summed E-state index contributed by atoms with van der Waals surface area (Å²) in [6.45, 7) is 0.734. The Morgan fingerprint density at radius 3 is 2.03 bits per heavy atom. The third-order valence-electron chi connectivity index (χ3n) is 6.11. The van der Waals surface area contributed by atoms with Gasteiger partial charge in [0.25, 0.3) is 0 Å². The van der Waals surface area contributed by atoms with Crippen LogP contribution in [0.2, 0.25) is 0 Å². The lowest BCUT2D eigenvalue weighted by atomic mass is 9.82. The molecule has 1 aliphatic heterocycles. The topological polar surface area (TPSA) is 39.1 Å². The standard InChI is InChI=1S/C26H16BrNO2/c27-17-8-5-7-16(14-17)23-21-22(26(30)20-11-4-3-10-19(20)25(21)29)24-18-9-2-1-6-15(18)12-13-28(23)24/h1-11,14H,12-13H2. The van der Waals surface area contributed by atoms with Gasteiger partial charge in [-0.25, -0.2) is 0 Å². The van der Waals surface area contributed by atoms with E-state index in [-0.39, 0.29) is 11.6 Å². The molecule has 1 aromatic heterocycles. The summed E-state index contributed by atoms with van der Waals surface area (Å²) in [6, 6.07) is 23.3. The second-order valence-corrected chi connectivity index (χ2v) is 8.64. The molecule has 2 aliphatic rings. The molecular weight excluding hydrogens is 438 g/mol. The molecule has 0 saturated heterocycles. The zero-order chi connectivity index (χ0) is 20.4. The van der Waals surface area contributed by atoms with E-state index >= 15 is 0 Å². The van der Waals surface area contributed by atoms with Crippen molar-refractivity contribution in [1.29, 1.82) is 0 Å². The molecule has 0 saturated carbocycles. The predicted octanol–water partition coefficient (Wildman–Crippen LogP) is 5.92. The fraction of sp³-hybridized carbons (Fsp3) is 0.0769. The molecule has 0 unspecified atom stereocenters. The van der Waals surface area contributed by atoms with Gasteiger partial charge in [-0.05, 0) is 24.1 Å². The Morgan fingerprint density at radius 1 is 0.700 bits per heavy atom. The van der Waals surface area contributed by atoms with Gasteiger partial charge in [0.2, 0.25) is 0 Å². The maximum absolute atomic E-state index is 13.7. The minimum atomic E-state index is -0.0745. The quantitative estimate of drug-likeness (QED) is 0.316. The molecule has 0 atom stereocenters. The summed E-state index contributed by atoms with van der Waals surface area (Å²) in [7, 11) is 0. The first-order valence-corrected chi connectivity index (χ1v) is 10.7. The zero-order valence-electron chi connectivity index (χ0n) is 16.0. The van der Waals surface area contributed by atoms with Gasteiger partial charge in [0, 0.05) is 33.3 Å². The molecule has 0 fully saturated rings. The van der Waals surface area contributed by atoms with Crippen LogP contribution in [0.15, 0.2) is 77.3 Å². The van der Waals surface area contributed by atoms with Crippen molar-refractivity contribution in [1.82, 2.24) is 4.57 Å². The number of carbonyl (C=O) groups excluding carboxylic acids is 2. The molecule has 2 heterocycles. The molecule has 3 aromatic carbocycles. The van der Waals surface area contributed by atoms with Crippen molar-refractivity contribution in [2.24, 2.45) is 0 Å². The zero-order valence-corrected chi connectivity index (χ0v) is 17.6.